The Morgan fingerprint density at radius 2 is 1.69 bits per heavy atom. The number of halogens is 2. The lowest BCUT2D eigenvalue weighted by atomic mass is 10.1. The van der Waals surface area contributed by atoms with E-state index in [1.165, 1.54) is 0 Å². The van der Waals surface area contributed by atoms with Gasteiger partial charge in [0, 0.05) is 11.1 Å². The van der Waals surface area contributed by atoms with Gasteiger partial charge in [0.15, 0.2) is 0 Å². The second-order valence-corrected chi connectivity index (χ2v) is 7.23. The molecule has 7 heteroatoms. The Morgan fingerprint density at radius 3 is 2.38 bits per heavy atom. The molecule has 0 bridgehead atoms. The maximum Gasteiger partial charge on any atom is 0.281 e. The molecule has 132 valence electrons. The lowest BCUT2D eigenvalue weighted by Crippen LogP contribution is -2.33. The Balaban J connectivity index is 2.05. The largest absolute Gasteiger partial charge is 0.506 e. The van der Waals surface area contributed by atoms with Gasteiger partial charge in [0.1, 0.15) is 11.4 Å². The molecule has 5 nitrogen and oxygen atoms in total. The molecular weight excluding hydrogens is 462 g/mol. The van der Waals surface area contributed by atoms with Crippen molar-refractivity contribution in [1.82, 2.24) is 5.43 Å². The first-order chi connectivity index (χ1) is 12.5. The molecule has 0 spiro atoms. The number of carbonyl (C=O) groups is 1. The summed E-state index contributed by atoms with van der Waals surface area (Å²) in [6.45, 7) is 0. The van der Waals surface area contributed by atoms with Gasteiger partial charge in [-0.15, -0.1) is 0 Å². The molecule has 0 unspecified atom stereocenters. The Labute approximate surface area is 167 Å². The molecule has 26 heavy (non-hydrogen) atoms. The van der Waals surface area contributed by atoms with Gasteiger partial charge in [-0.2, -0.15) is 0 Å². The Hall–Kier alpha value is -2.35. The number of hydrogen-bond acceptors (Lipinski definition) is 4. The summed E-state index contributed by atoms with van der Waals surface area (Å²) in [7, 11) is 0. The molecule has 0 aliphatic rings. The van der Waals surface area contributed by atoms with E-state index < -0.39 is 5.91 Å². The third-order valence-electron chi connectivity index (χ3n) is 3.78. The number of fused-ring (bicyclic) bond motifs is 1. The summed E-state index contributed by atoms with van der Waals surface area (Å²) in [5.74, 6) is 4.97. The van der Waals surface area contributed by atoms with E-state index in [1.807, 2.05) is 42.5 Å². The highest BCUT2D eigenvalue weighted by atomic mass is 79.9. The smallest absolute Gasteiger partial charge is 0.281 e. The van der Waals surface area contributed by atoms with E-state index in [2.05, 4.69) is 42.6 Å². The van der Waals surface area contributed by atoms with E-state index in [0.29, 0.717) is 14.5 Å². The van der Waals surface area contributed by atoms with Gasteiger partial charge < -0.3 is 10.4 Å². The lowest BCUT2D eigenvalue weighted by Gasteiger charge is -2.13. The molecule has 1 amide bonds. The van der Waals surface area contributed by atoms with Gasteiger partial charge in [-0.25, -0.2) is 5.84 Å². The Kier molecular flexibility index (Phi) is 5.61. The number of nitrogens with one attached hydrogen (secondary N) is 2. The number of aromatic hydroxyl groups is 1. The number of hydrazine groups is 1. The van der Waals surface area contributed by atoms with Crippen molar-refractivity contribution < 1.29 is 9.90 Å². The van der Waals surface area contributed by atoms with Crippen molar-refractivity contribution in [3.8, 4) is 5.75 Å². The zero-order valence-corrected chi connectivity index (χ0v) is 16.6. The number of rotatable bonds is 4. The fraction of sp³-hybridized carbons (Fsp3) is 0. The van der Waals surface area contributed by atoms with Crippen LogP contribution < -0.4 is 16.6 Å². The number of amides is 1. The third kappa shape index (κ3) is 3.90. The number of anilines is 1. The predicted molar refractivity (Wildman–Crippen MR) is 111 cm³/mol. The number of phenolic OH excluding ortho intramolecular Hbond substituents is 1. The van der Waals surface area contributed by atoms with Crippen LogP contribution in [-0.2, 0) is 4.79 Å². The fourth-order valence-electron chi connectivity index (χ4n) is 2.55. The first-order valence-corrected chi connectivity index (χ1v) is 9.23. The molecule has 3 aromatic carbocycles. The van der Waals surface area contributed by atoms with E-state index in [1.54, 1.807) is 18.2 Å². The maximum absolute atomic E-state index is 12.3. The summed E-state index contributed by atoms with van der Waals surface area (Å²) in [5.41, 5.74) is 3.91. The average molecular weight is 477 g/mol. The summed E-state index contributed by atoms with van der Waals surface area (Å²) in [6, 6.07) is 17.1. The molecule has 0 fully saturated rings. The van der Waals surface area contributed by atoms with Gasteiger partial charge in [-0.3, -0.25) is 10.2 Å². The number of nitrogens with two attached hydrogens (primary N) is 1. The SMILES string of the molecule is NNC(=O)C(=Cc1cc(Br)c(O)c(Br)c1)Nc1cccc2ccccc12. The maximum atomic E-state index is 12.3. The molecule has 0 aliphatic heterocycles. The number of hydrogen-bond donors (Lipinski definition) is 4. The molecule has 0 saturated carbocycles. The van der Waals surface area contributed by atoms with Crippen LogP contribution in [0.15, 0.2) is 69.2 Å². The minimum atomic E-state index is -0.460. The third-order valence-corrected chi connectivity index (χ3v) is 4.99. The zero-order valence-electron chi connectivity index (χ0n) is 13.5. The minimum absolute atomic E-state index is 0.0917. The van der Waals surface area contributed by atoms with Crippen LogP contribution >= 0.6 is 31.9 Å². The molecule has 0 aliphatic carbocycles. The highest BCUT2D eigenvalue weighted by Gasteiger charge is 2.12. The molecule has 0 saturated heterocycles. The summed E-state index contributed by atoms with van der Waals surface area (Å²) in [6.07, 6.45) is 1.65. The normalized spacial score (nSPS) is 11.4. The van der Waals surface area contributed by atoms with Gasteiger partial charge in [-0.1, -0.05) is 36.4 Å². The van der Waals surface area contributed by atoms with Crippen molar-refractivity contribution in [1.29, 1.82) is 0 Å². The van der Waals surface area contributed by atoms with Crippen LogP contribution in [0.1, 0.15) is 5.56 Å². The van der Waals surface area contributed by atoms with Crippen molar-refractivity contribution in [3.63, 3.8) is 0 Å². The summed E-state index contributed by atoms with van der Waals surface area (Å²) < 4.78 is 1.02. The number of phenols is 1. The van der Waals surface area contributed by atoms with Crippen LogP contribution in [0.25, 0.3) is 16.8 Å². The van der Waals surface area contributed by atoms with Gasteiger partial charge in [-0.05, 0) is 67.1 Å². The van der Waals surface area contributed by atoms with E-state index >= 15 is 0 Å². The molecule has 3 aromatic rings. The molecule has 5 N–H and O–H groups in total. The van der Waals surface area contributed by atoms with Crippen LogP contribution in [-0.4, -0.2) is 11.0 Å². The van der Waals surface area contributed by atoms with Gasteiger partial charge in [0.25, 0.3) is 5.91 Å². The molecule has 3 rings (SSSR count). The van der Waals surface area contributed by atoms with Crippen LogP contribution in [0.3, 0.4) is 0 Å². The number of carbonyl (C=O) groups excluding carboxylic acids is 1. The monoisotopic (exact) mass is 475 g/mol. The van der Waals surface area contributed by atoms with E-state index in [9.17, 15) is 9.90 Å². The zero-order chi connectivity index (χ0) is 18.7. The van der Waals surface area contributed by atoms with Crippen molar-refractivity contribution in [2.75, 3.05) is 5.32 Å². The van der Waals surface area contributed by atoms with Crippen molar-refractivity contribution in [2.24, 2.45) is 5.84 Å². The Morgan fingerprint density at radius 1 is 1.04 bits per heavy atom. The van der Waals surface area contributed by atoms with E-state index in [4.69, 9.17) is 5.84 Å². The first kappa shape index (κ1) is 18.4. The molecule has 0 aromatic heterocycles. The standard InChI is InChI=1S/C19H15Br2N3O2/c20-14-8-11(9-15(21)18(14)25)10-17(19(26)24-22)23-16-7-3-5-12-4-1-2-6-13(12)16/h1-10,23,25H,22H2,(H,24,26). The van der Waals surface area contributed by atoms with Crippen LogP contribution in [0.5, 0.6) is 5.75 Å². The van der Waals surface area contributed by atoms with Gasteiger partial charge in [0.2, 0.25) is 0 Å². The lowest BCUT2D eigenvalue weighted by molar-refractivity contribution is -0.117. The second-order valence-electron chi connectivity index (χ2n) is 5.52. The quantitative estimate of drug-likeness (QED) is 0.193. The van der Waals surface area contributed by atoms with Crippen LogP contribution in [0.2, 0.25) is 0 Å². The van der Waals surface area contributed by atoms with Crippen molar-refractivity contribution in [2.45, 2.75) is 0 Å². The first-order valence-electron chi connectivity index (χ1n) is 7.65. The number of benzene rings is 3. The van der Waals surface area contributed by atoms with Gasteiger partial charge in [0.05, 0.1) is 8.95 Å². The highest BCUT2D eigenvalue weighted by Crippen LogP contribution is 2.34. The summed E-state index contributed by atoms with van der Waals surface area (Å²) in [4.78, 5) is 12.3. The molecule has 0 heterocycles. The topological polar surface area (TPSA) is 87.4 Å². The summed E-state index contributed by atoms with van der Waals surface area (Å²) in [5, 5.41) is 15.0. The van der Waals surface area contributed by atoms with Crippen molar-refractivity contribution >= 4 is 60.3 Å². The summed E-state index contributed by atoms with van der Waals surface area (Å²) >= 11 is 6.57. The molecular formula is C19H15Br2N3O2. The fourth-order valence-corrected chi connectivity index (χ4v) is 3.77. The van der Waals surface area contributed by atoms with Crippen LogP contribution in [0.4, 0.5) is 5.69 Å². The van der Waals surface area contributed by atoms with Crippen LogP contribution in [0, 0.1) is 0 Å². The highest BCUT2D eigenvalue weighted by molar-refractivity contribution is 9.11. The average Bonchev–Trinajstić information content (AvgIpc) is 2.65. The predicted octanol–water partition coefficient (Wildman–Crippen LogP) is 4.51. The second kappa shape index (κ2) is 7.90. The van der Waals surface area contributed by atoms with Crippen molar-refractivity contribution in [3.05, 3.63) is 74.8 Å². The van der Waals surface area contributed by atoms with E-state index in [-0.39, 0.29) is 11.4 Å². The van der Waals surface area contributed by atoms with Gasteiger partial charge >= 0.3 is 0 Å². The molecule has 0 atom stereocenters. The minimum Gasteiger partial charge on any atom is -0.506 e. The molecule has 0 radical (unpaired) electrons. The van der Waals surface area contributed by atoms with E-state index in [0.717, 1.165) is 16.5 Å². The Bertz CT molecular complexity index is 990.